The molecule has 1 fully saturated rings. The standard InChI is InChI=1S/C19H20N6O3/c1-11-12(2)18(23-25-10-21-22-17(11)25)24-4-3-16-13(7-24)5-15(6-20-16)28-19(26)14-8-27-9-14/h5-6,10,14H,3-4,7-9H2,1-2H3. The third-order valence-electron chi connectivity index (χ3n) is 5.47. The fourth-order valence-corrected chi connectivity index (χ4v) is 3.57. The fraction of sp³-hybridized carbons (Fsp3) is 0.421. The van der Waals surface area contributed by atoms with Crippen molar-refractivity contribution in [3.05, 3.63) is 41.0 Å². The maximum Gasteiger partial charge on any atom is 0.319 e. The summed E-state index contributed by atoms with van der Waals surface area (Å²) in [5.41, 5.74) is 5.00. The first-order valence-corrected chi connectivity index (χ1v) is 9.29. The van der Waals surface area contributed by atoms with Gasteiger partial charge >= 0.3 is 5.97 Å². The highest BCUT2D eigenvalue weighted by atomic mass is 16.6. The topological polar surface area (TPSA) is 94.7 Å². The molecule has 0 spiro atoms. The number of fused-ring (bicyclic) bond motifs is 2. The van der Waals surface area contributed by atoms with E-state index in [1.165, 1.54) is 0 Å². The van der Waals surface area contributed by atoms with E-state index >= 15 is 0 Å². The molecule has 9 heteroatoms. The minimum Gasteiger partial charge on any atom is -0.425 e. The van der Waals surface area contributed by atoms with Gasteiger partial charge in [0.2, 0.25) is 0 Å². The van der Waals surface area contributed by atoms with E-state index in [-0.39, 0.29) is 11.9 Å². The van der Waals surface area contributed by atoms with Gasteiger partial charge in [-0.1, -0.05) is 0 Å². The van der Waals surface area contributed by atoms with Crippen LogP contribution in [0.4, 0.5) is 5.82 Å². The number of rotatable bonds is 3. The minimum absolute atomic E-state index is 0.169. The molecule has 0 saturated carbocycles. The highest BCUT2D eigenvalue weighted by Gasteiger charge is 2.29. The number of ether oxygens (including phenoxy) is 2. The predicted molar refractivity (Wildman–Crippen MR) is 99.2 cm³/mol. The fourth-order valence-electron chi connectivity index (χ4n) is 3.57. The first-order valence-electron chi connectivity index (χ1n) is 9.29. The van der Waals surface area contributed by atoms with Gasteiger partial charge in [0.05, 0.1) is 19.4 Å². The summed E-state index contributed by atoms with van der Waals surface area (Å²) in [5, 5.41) is 12.8. The third kappa shape index (κ3) is 2.78. The number of carbonyl (C=O) groups excluding carboxylic acids is 1. The normalized spacial score (nSPS) is 16.7. The molecule has 0 aromatic carbocycles. The van der Waals surface area contributed by atoms with Crippen LogP contribution in [0.15, 0.2) is 18.6 Å². The molecule has 3 aromatic rings. The lowest BCUT2D eigenvalue weighted by Gasteiger charge is -2.30. The number of nitrogens with zero attached hydrogens (tertiary/aromatic N) is 6. The number of aryl methyl sites for hydroxylation is 1. The van der Waals surface area contributed by atoms with E-state index in [0.717, 1.165) is 46.8 Å². The van der Waals surface area contributed by atoms with Crippen molar-refractivity contribution >= 4 is 17.4 Å². The maximum atomic E-state index is 12.1. The van der Waals surface area contributed by atoms with Crippen LogP contribution < -0.4 is 9.64 Å². The van der Waals surface area contributed by atoms with Crippen LogP contribution in [0.5, 0.6) is 5.75 Å². The van der Waals surface area contributed by atoms with Crippen LogP contribution in [0.3, 0.4) is 0 Å². The van der Waals surface area contributed by atoms with Gasteiger partial charge in [0.25, 0.3) is 0 Å². The number of hydrogen-bond acceptors (Lipinski definition) is 8. The molecule has 0 atom stereocenters. The van der Waals surface area contributed by atoms with E-state index in [0.29, 0.717) is 25.5 Å². The molecule has 0 bridgehead atoms. The molecule has 1 saturated heterocycles. The van der Waals surface area contributed by atoms with E-state index < -0.39 is 0 Å². The van der Waals surface area contributed by atoms with Crippen LogP contribution in [0.2, 0.25) is 0 Å². The second-order valence-corrected chi connectivity index (χ2v) is 7.28. The van der Waals surface area contributed by atoms with E-state index in [9.17, 15) is 4.79 Å². The van der Waals surface area contributed by atoms with E-state index in [1.807, 2.05) is 13.0 Å². The maximum absolute atomic E-state index is 12.1. The van der Waals surface area contributed by atoms with Gasteiger partial charge in [-0.05, 0) is 25.5 Å². The average molecular weight is 380 g/mol. The van der Waals surface area contributed by atoms with Crippen LogP contribution in [-0.4, -0.2) is 50.5 Å². The summed E-state index contributed by atoms with van der Waals surface area (Å²) in [7, 11) is 0. The van der Waals surface area contributed by atoms with E-state index in [1.54, 1.807) is 17.0 Å². The van der Waals surface area contributed by atoms with Crippen molar-refractivity contribution in [2.24, 2.45) is 5.92 Å². The molecule has 0 N–H and O–H groups in total. The van der Waals surface area contributed by atoms with Crippen LogP contribution >= 0.6 is 0 Å². The zero-order valence-corrected chi connectivity index (χ0v) is 15.8. The Balaban J connectivity index is 1.42. The Labute approximate surface area is 161 Å². The molecule has 0 unspecified atom stereocenters. The summed E-state index contributed by atoms with van der Waals surface area (Å²) < 4.78 is 12.2. The molecule has 9 nitrogen and oxygen atoms in total. The Morgan fingerprint density at radius 1 is 1.29 bits per heavy atom. The zero-order valence-electron chi connectivity index (χ0n) is 15.8. The second-order valence-electron chi connectivity index (χ2n) is 7.28. The first-order chi connectivity index (χ1) is 13.6. The molecule has 5 rings (SSSR count). The number of pyridine rings is 1. The molecule has 28 heavy (non-hydrogen) atoms. The molecule has 2 aliphatic rings. The lowest BCUT2D eigenvalue weighted by molar-refractivity contribution is -0.153. The molecular weight excluding hydrogens is 360 g/mol. The zero-order chi connectivity index (χ0) is 19.3. The van der Waals surface area contributed by atoms with Crippen molar-refractivity contribution in [1.82, 2.24) is 24.8 Å². The number of aromatic nitrogens is 5. The minimum atomic E-state index is -0.258. The number of carbonyl (C=O) groups is 1. The first kappa shape index (κ1) is 17.1. The lowest BCUT2D eigenvalue weighted by atomic mass is 10.0. The van der Waals surface area contributed by atoms with Crippen LogP contribution in [0, 0.1) is 19.8 Å². The van der Waals surface area contributed by atoms with Crippen molar-refractivity contribution in [1.29, 1.82) is 0 Å². The number of esters is 1. The van der Waals surface area contributed by atoms with Gasteiger partial charge in [-0.25, -0.2) is 0 Å². The Morgan fingerprint density at radius 2 is 2.14 bits per heavy atom. The van der Waals surface area contributed by atoms with E-state index in [4.69, 9.17) is 14.6 Å². The molecule has 2 aliphatic heterocycles. The van der Waals surface area contributed by atoms with Gasteiger partial charge in [-0.15, -0.1) is 15.3 Å². The summed E-state index contributed by atoms with van der Waals surface area (Å²) in [5.74, 6) is 0.960. The highest BCUT2D eigenvalue weighted by molar-refractivity contribution is 5.76. The largest absolute Gasteiger partial charge is 0.425 e. The molecule has 0 radical (unpaired) electrons. The molecule has 5 heterocycles. The third-order valence-corrected chi connectivity index (χ3v) is 5.47. The molecule has 0 aliphatic carbocycles. The Kier molecular flexibility index (Phi) is 3.97. The van der Waals surface area contributed by atoms with Crippen LogP contribution in [0.1, 0.15) is 22.4 Å². The van der Waals surface area contributed by atoms with Gasteiger partial charge in [-0.3, -0.25) is 9.78 Å². The van der Waals surface area contributed by atoms with E-state index in [2.05, 4.69) is 27.0 Å². The van der Waals surface area contributed by atoms with Gasteiger partial charge < -0.3 is 14.4 Å². The predicted octanol–water partition coefficient (Wildman–Crippen LogP) is 1.25. The van der Waals surface area contributed by atoms with Crippen LogP contribution in [-0.2, 0) is 22.5 Å². The number of anilines is 1. The monoisotopic (exact) mass is 380 g/mol. The Bertz CT molecular complexity index is 1070. The smallest absolute Gasteiger partial charge is 0.319 e. The van der Waals surface area contributed by atoms with Crippen molar-refractivity contribution in [2.75, 3.05) is 24.7 Å². The van der Waals surface area contributed by atoms with Crippen LogP contribution in [0.25, 0.3) is 5.65 Å². The van der Waals surface area contributed by atoms with Gasteiger partial charge in [0, 0.05) is 36.3 Å². The SMILES string of the molecule is Cc1c(N2CCc3ncc(OC(=O)C4COC4)cc3C2)nn2cnnc2c1C. The average Bonchev–Trinajstić information content (AvgIpc) is 3.11. The van der Waals surface area contributed by atoms with Crippen molar-refractivity contribution in [3.63, 3.8) is 0 Å². The summed E-state index contributed by atoms with van der Waals surface area (Å²) in [6.45, 7) is 6.42. The molecule has 3 aromatic heterocycles. The Hall–Kier alpha value is -3.07. The van der Waals surface area contributed by atoms with Crippen molar-refractivity contribution in [2.45, 2.75) is 26.8 Å². The summed E-state index contributed by atoms with van der Waals surface area (Å²) in [6, 6.07) is 1.91. The quantitative estimate of drug-likeness (QED) is 0.627. The van der Waals surface area contributed by atoms with Crippen molar-refractivity contribution in [3.8, 4) is 5.75 Å². The van der Waals surface area contributed by atoms with Crippen molar-refractivity contribution < 1.29 is 14.3 Å². The summed E-state index contributed by atoms with van der Waals surface area (Å²) in [6.07, 6.45) is 4.05. The van der Waals surface area contributed by atoms with Gasteiger partial charge in [-0.2, -0.15) is 4.52 Å². The molecular formula is C19H20N6O3. The van der Waals surface area contributed by atoms with Gasteiger partial charge in [0.15, 0.2) is 11.5 Å². The summed E-state index contributed by atoms with van der Waals surface area (Å²) in [4.78, 5) is 18.8. The second kappa shape index (κ2) is 6.52. The van der Waals surface area contributed by atoms with Gasteiger partial charge in [0.1, 0.15) is 18.0 Å². The molecule has 0 amide bonds. The summed E-state index contributed by atoms with van der Waals surface area (Å²) >= 11 is 0. The highest BCUT2D eigenvalue weighted by Crippen LogP contribution is 2.29. The molecule has 144 valence electrons. The number of hydrogen-bond donors (Lipinski definition) is 0. The lowest BCUT2D eigenvalue weighted by Crippen LogP contribution is -2.37. The Morgan fingerprint density at radius 3 is 2.93 bits per heavy atom.